The predicted octanol–water partition coefficient (Wildman–Crippen LogP) is 2.29. The molecule has 1 aliphatic rings. The molecule has 0 saturated heterocycles. The van der Waals surface area contributed by atoms with E-state index in [0.29, 0.717) is 0 Å². The summed E-state index contributed by atoms with van der Waals surface area (Å²) in [7, 11) is 0. The van der Waals surface area contributed by atoms with Crippen molar-refractivity contribution in [2.24, 2.45) is 11.5 Å². The van der Waals surface area contributed by atoms with Crippen molar-refractivity contribution >= 4 is 0 Å². The fourth-order valence-corrected chi connectivity index (χ4v) is 1.09. The highest BCUT2D eigenvalue weighted by molar-refractivity contribution is 5.22. The molecular formula is C13H23N2. The van der Waals surface area contributed by atoms with Crippen LogP contribution in [-0.2, 0) is 0 Å². The molecule has 1 fully saturated rings. The lowest BCUT2D eigenvalue weighted by Gasteiger charge is -1.91. The van der Waals surface area contributed by atoms with E-state index in [2.05, 4.69) is 18.2 Å². The summed E-state index contributed by atoms with van der Waals surface area (Å²) in [5.41, 5.74) is 11.2. The third-order valence-corrected chi connectivity index (χ3v) is 1.79. The minimum atomic E-state index is 0.750. The van der Waals surface area contributed by atoms with Gasteiger partial charge in [-0.2, -0.15) is 0 Å². The number of hydrogen-bond donors (Lipinski definition) is 2. The quantitative estimate of drug-likeness (QED) is 0.742. The van der Waals surface area contributed by atoms with Crippen molar-refractivity contribution in [1.29, 1.82) is 0 Å². The van der Waals surface area contributed by atoms with E-state index in [1.54, 1.807) is 0 Å². The minimum absolute atomic E-state index is 0.750. The molecule has 0 aromatic heterocycles. The Hall–Kier alpha value is -0.860. The second-order valence-corrected chi connectivity index (χ2v) is 3.42. The molecule has 0 unspecified atom stereocenters. The summed E-state index contributed by atoms with van der Waals surface area (Å²) in [5, 5.41) is 0. The zero-order valence-corrected chi connectivity index (χ0v) is 9.87. The summed E-state index contributed by atoms with van der Waals surface area (Å²) in [4.78, 5) is 0. The molecule has 2 rings (SSSR count). The molecule has 4 N–H and O–H groups in total. The van der Waals surface area contributed by atoms with E-state index >= 15 is 0 Å². The average molecular weight is 207 g/mol. The normalized spacial score (nSPS) is 13.1. The molecule has 15 heavy (non-hydrogen) atoms. The summed E-state index contributed by atoms with van der Waals surface area (Å²) < 4.78 is 0. The molecule has 2 heteroatoms. The lowest BCUT2D eigenvalue weighted by atomic mass is 10.1. The van der Waals surface area contributed by atoms with Crippen molar-refractivity contribution in [3.63, 3.8) is 0 Å². The maximum atomic E-state index is 4.85. The second kappa shape index (κ2) is 9.69. The van der Waals surface area contributed by atoms with Crippen LogP contribution in [0.4, 0.5) is 0 Å². The Kier molecular flexibility index (Phi) is 9.13. The average Bonchev–Trinajstić information content (AvgIpc) is 3.05. The van der Waals surface area contributed by atoms with Crippen LogP contribution in [0.3, 0.4) is 0 Å². The molecule has 0 amide bonds. The Morgan fingerprint density at radius 3 is 1.87 bits per heavy atom. The van der Waals surface area contributed by atoms with Crippen LogP contribution in [0.25, 0.3) is 0 Å². The Bertz CT molecular complexity index is 215. The summed E-state index contributed by atoms with van der Waals surface area (Å²) in [6.07, 6.45) is 2.79. The SMILES string of the molecule is CCN.CCN.[c]1ccc(C2CC2)cc1. The Morgan fingerprint density at radius 1 is 1.13 bits per heavy atom. The molecular weight excluding hydrogens is 184 g/mol. The zero-order valence-electron chi connectivity index (χ0n) is 9.87. The van der Waals surface area contributed by atoms with Gasteiger partial charge in [0.25, 0.3) is 0 Å². The number of nitrogens with two attached hydrogens (primary N) is 2. The van der Waals surface area contributed by atoms with Gasteiger partial charge in [0.2, 0.25) is 0 Å². The first-order chi connectivity index (χ1) is 7.29. The third-order valence-electron chi connectivity index (χ3n) is 1.79. The summed E-state index contributed by atoms with van der Waals surface area (Å²) in [6.45, 7) is 5.31. The Balaban J connectivity index is 0.000000280. The molecule has 2 nitrogen and oxygen atoms in total. The first-order valence-corrected chi connectivity index (χ1v) is 5.66. The Morgan fingerprint density at radius 2 is 1.53 bits per heavy atom. The van der Waals surface area contributed by atoms with Gasteiger partial charge in [-0.3, -0.25) is 0 Å². The largest absolute Gasteiger partial charge is 0.331 e. The molecule has 1 radical (unpaired) electrons. The Labute approximate surface area is 93.7 Å². The van der Waals surface area contributed by atoms with Crippen LogP contribution in [0.15, 0.2) is 24.3 Å². The highest BCUT2D eigenvalue weighted by atomic mass is 14.5. The first kappa shape index (κ1) is 14.1. The van der Waals surface area contributed by atoms with Crippen molar-refractivity contribution in [2.45, 2.75) is 32.6 Å². The maximum Gasteiger partial charge on any atom is -0.0106 e. The van der Waals surface area contributed by atoms with Crippen molar-refractivity contribution < 1.29 is 0 Å². The van der Waals surface area contributed by atoms with E-state index < -0.39 is 0 Å². The van der Waals surface area contributed by atoms with Crippen LogP contribution in [0.2, 0.25) is 0 Å². The number of rotatable bonds is 1. The van der Waals surface area contributed by atoms with E-state index in [1.807, 2.05) is 26.0 Å². The maximum absolute atomic E-state index is 4.85. The molecule has 85 valence electrons. The highest BCUT2D eigenvalue weighted by Gasteiger charge is 2.22. The number of hydrogen-bond acceptors (Lipinski definition) is 2. The van der Waals surface area contributed by atoms with Gasteiger partial charge in [0.15, 0.2) is 0 Å². The fraction of sp³-hybridized carbons (Fsp3) is 0.538. The van der Waals surface area contributed by atoms with Crippen LogP contribution >= 0.6 is 0 Å². The highest BCUT2D eigenvalue weighted by Crippen LogP contribution is 2.39. The minimum Gasteiger partial charge on any atom is -0.331 e. The van der Waals surface area contributed by atoms with Gasteiger partial charge >= 0.3 is 0 Å². The van der Waals surface area contributed by atoms with E-state index in [4.69, 9.17) is 11.5 Å². The van der Waals surface area contributed by atoms with Gasteiger partial charge in [0.05, 0.1) is 0 Å². The van der Waals surface area contributed by atoms with Crippen LogP contribution in [-0.4, -0.2) is 13.1 Å². The second-order valence-electron chi connectivity index (χ2n) is 3.42. The molecule has 1 aromatic rings. The van der Waals surface area contributed by atoms with Crippen molar-refractivity contribution in [1.82, 2.24) is 0 Å². The molecule has 0 heterocycles. The first-order valence-electron chi connectivity index (χ1n) is 5.66. The van der Waals surface area contributed by atoms with Crippen LogP contribution in [0, 0.1) is 6.07 Å². The summed E-state index contributed by atoms with van der Waals surface area (Å²) >= 11 is 0. The lowest BCUT2D eigenvalue weighted by molar-refractivity contribution is 1.13. The van der Waals surface area contributed by atoms with E-state index in [9.17, 15) is 0 Å². The predicted molar refractivity (Wildman–Crippen MR) is 66.7 cm³/mol. The van der Waals surface area contributed by atoms with Gasteiger partial charge in [-0.1, -0.05) is 38.1 Å². The van der Waals surface area contributed by atoms with E-state index in [0.717, 1.165) is 19.0 Å². The molecule has 1 aromatic carbocycles. The zero-order chi connectivity index (χ0) is 11.5. The summed E-state index contributed by atoms with van der Waals surface area (Å²) in [5.74, 6) is 0.889. The van der Waals surface area contributed by atoms with Gasteiger partial charge in [-0.05, 0) is 43.5 Å². The molecule has 0 aliphatic heterocycles. The van der Waals surface area contributed by atoms with Crippen molar-refractivity contribution in [3.8, 4) is 0 Å². The molecule has 0 bridgehead atoms. The van der Waals surface area contributed by atoms with E-state index in [-0.39, 0.29) is 0 Å². The van der Waals surface area contributed by atoms with Crippen LogP contribution < -0.4 is 11.5 Å². The van der Waals surface area contributed by atoms with Crippen molar-refractivity contribution in [3.05, 3.63) is 35.9 Å². The topological polar surface area (TPSA) is 52.0 Å². The molecule has 0 spiro atoms. The smallest absolute Gasteiger partial charge is 0.0106 e. The van der Waals surface area contributed by atoms with Crippen LogP contribution in [0.1, 0.15) is 38.2 Å². The lowest BCUT2D eigenvalue weighted by Crippen LogP contribution is -1.87. The fourth-order valence-electron chi connectivity index (χ4n) is 1.09. The standard InChI is InChI=1S/C9H9.2C2H7N/c1-2-4-8(5-3-1)9-6-7-9;2*1-2-3/h2-5,9H,6-7H2;2*2-3H2,1H3. The third kappa shape index (κ3) is 8.16. The van der Waals surface area contributed by atoms with Gasteiger partial charge < -0.3 is 11.5 Å². The van der Waals surface area contributed by atoms with E-state index in [1.165, 1.54) is 18.4 Å². The monoisotopic (exact) mass is 207 g/mol. The van der Waals surface area contributed by atoms with Gasteiger partial charge in [-0.25, -0.2) is 0 Å². The van der Waals surface area contributed by atoms with Crippen molar-refractivity contribution in [2.75, 3.05) is 13.1 Å². The molecule has 1 aliphatic carbocycles. The van der Waals surface area contributed by atoms with Gasteiger partial charge in [0, 0.05) is 0 Å². The van der Waals surface area contributed by atoms with Gasteiger partial charge in [0.1, 0.15) is 0 Å². The van der Waals surface area contributed by atoms with Gasteiger partial charge in [-0.15, -0.1) is 0 Å². The molecule has 1 saturated carbocycles. The van der Waals surface area contributed by atoms with Crippen LogP contribution in [0.5, 0.6) is 0 Å². The molecule has 0 atom stereocenters. The number of benzene rings is 1. The summed E-state index contributed by atoms with van der Waals surface area (Å²) in [6, 6.07) is 11.3.